The molecular formula is C13H18BN3O3. The molecule has 0 fully saturated rings. The minimum atomic E-state index is -1.55. The monoisotopic (exact) mass is 275 g/mol. The average molecular weight is 275 g/mol. The molecule has 0 radical (unpaired) electrons. The molecule has 0 unspecified atom stereocenters. The van der Waals surface area contributed by atoms with Gasteiger partial charge in [-0.05, 0) is 18.1 Å². The molecule has 5 N–H and O–H groups in total. The SMILES string of the molecule is CN(CB(O)O)C(=O)[C@@H](N)Cc1c[nH]c2ccccc12. The molecule has 0 aliphatic heterocycles. The van der Waals surface area contributed by atoms with Gasteiger partial charge in [-0.3, -0.25) is 4.79 Å². The zero-order valence-electron chi connectivity index (χ0n) is 11.3. The zero-order chi connectivity index (χ0) is 14.7. The van der Waals surface area contributed by atoms with Gasteiger partial charge < -0.3 is 25.7 Å². The second-order valence-corrected chi connectivity index (χ2v) is 4.87. The van der Waals surface area contributed by atoms with Gasteiger partial charge in [0.05, 0.1) is 12.5 Å². The molecule has 0 saturated carbocycles. The second-order valence-electron chi connectivity index (χ2n) is 4.87. The summed E-state index contributed by atoms with van der Waals surface area (Å²) in [6.07, 6.45) is 2.09. The van der Waals surface area contributed by atoms with E-state index in [1.807, 2.05) is 30.5 Å². The molecule has 0 spiro atoms. The fraction of sp³-hybridized carbons (Fsp3) is 0.308. The van der Waals surface area contributed by atoms with Crippen molar-refractivity contribution in [2.24, 2.45) is 5.73 Å². The highest BCUT2D eigenvalue weighted by molar-refractivity contribution is 6.41. The number of benzene rings is 1. The molecule has 0 aliphatic rings. The zero-order valence-corrected chi connectivity index (χ0v) is 11.3. The number of hydrogen-bond donors (Lipinski definition) is 4. The Balaban J connectivity index is 2.07. The third kappa shape index (κ3) is 3.19. The van der Waals surface area contributed by atoms with Crippen LogP contribution in [0.1, 0.15) is 5.56 Å². The maximum atomic E-state index is 12.0. The van der Waals surface area contributed by atoms with Crippen LogP contribution in [0.3, 0.4) is 0 Å². The number of nitrogens with zero attached hydrogens (tertiary/aromatic N) is 1. The Labute approximate surface area is 117 Å². The van der Waals surface area contributed by atoms with E-state index in [9.17, 15) is 4.79 Å². The fourth-order valence-corrected chi connectivity index (χ4v) is 2.24. The predicted molar refractivity (Wildman–Crippen MR) is 77.8 cm³/mol. The van der Waals surface area contributed by atoms with Crippen LogP contribution in [-0.2, 0) is 11.2 Å². The molecule has 1 amide bonds. The summed E-state index contributed by atoms with van der Waals surface area (Å²) in [5.74, 6) is -0.316. The summed E-state index contributed by atoms with van der Waals surface area (Å²) in [6, 6.07) is 7.09. The number of nitrogens with two attached hydrogens (primary N) is 1. The Kier molecular flexibility index (Phi) is 4.44. The van der Waals surface area contributed by atoms with E-state index in [0.717, 1.165) is 16.5 Å². The van der Waals surface area contributed by atoms with Crippen LogP contribution in [0.15, 0.2) is 30.5 Å². The summed E-state index contributed by atoms with van der Waals surface area (Å²) in [5, 5.41) is 18.8. The molecule has 1 atom stereocenters. The Morgan fingerprint density at radius 2 is 2.15 bits per heavy atom. The third-order valence-corrected chi connectivity index (χ3v) is 3.25. The molecule has 6 nitrogen and oxygen atoms in total. The van der Waals surface area contributed by atoms with Crippen LogP contribution in [0.25, 0.3) is 10.9 Å². The Morgan fingerprint density at radius 1 is 1.45 bits per heavy atom. The van der Waals surface area contributed by atoms with Gasteiger partial charge in [-0.25, -0.2) is 0 Å². The van der Waals surface area contributed by atoms with Crippen molar-refractivity contribution in [1.82, 2.24) is 9.88 Å². The molecule has 0 bridgehead atoms. The van der Waals surface area contributed by atoms with Crippen molar-refractivity contribution in [3.05, 3.63) is 36.0 Å². The highest BCUT2D eigenvalue weighted by Crippen LogP contribution is 2.19. The van der Waals surface area contributed by atoms with Crippen molar-refractivity contribution in [3.8, 4) is 0 Å². The van der Waals surface area contributed by atoms with E-state index in [1.165, 1.54) is 11.9 Å². The number of H-pyrrole nitrogens is 1. The van der Waals surface area contributed by atoms with E-state index in [-0.39, 0.29) is 12.4 Å². The maximum absolute atomic E-state index is 12.0. The number of amides is 1. The molecule has 0 saturated heterocycles. The van der Waals surface area contributed by atoms with Crippen LogP contribution in [0.5, 0.6) is 0 Å². The average Bonchev–Trinajstić information content (AvgIpc) is 2.80. The third-order valence-electron chi connectivity index (χ3n) is 3.25. The van der Waals surface area contributed by atoms with Gasteiger partial charge in [-0.15, -0.1) is 0 Å². The van der Waals surface area contributed by atoms with Crippen molar-refractivity contribution in [1.29, 1.82) is 0 Å². The number of likely N-dealkylation sites (N-methyl/N-ethyl adjacent to an activating group) is 1. The first-order chi connectivity index (χ1) is 9.49. The maximum Gasteiger partial charge on any atom is 0.472 e. The van der Waals surface area contributed by atoms with Crippen molar-refractivity contribution < 1.29 is 14.8 Å². The van der Waals surface area contributed by atoms with Gasteiger partial charge in [0, 0.05) is 24.1 Å². The smallest absolute Gasteiger partial charge is 0.426 e. The first kappa shape index (κ1) is 14.6. The molecule has 1 aromatic heterocycles. The molecule has 7 heteroatoms. The second kappa shape index (κ2) is 6.08. The normalized spacial score (nSPS) is 12.4. The lowest BCUT2D eigenvalue weighted by atomic mass is 9.91. The standard InChI is InChI=1S/C13H18BN3O3/c1-17(8-14(19)20)13(18)11(15)6-9-7-16-12-5-3-2-4-10(9)12/h2-5,7,11,16,19-20H,6,8,15H2,1H3/t11-/m0/s1. The molecule has 2 rings (SSSR count). The minimum absolute atomic E-state index is 0.152. The van der Waals surface area contributed by atoms with Gasteiger partial charge in [0.15, 0.2) is 0 Å². The van der Waals surface area contributed by atoms with E-state index in [2.05, 4.69) is 4.98 Å². The van der Waals surface area contributed by atoms with Crippen molar-refractivity contribution in [3.63, 3.8) is 0 Å². The van der Waals surface area contributed by atoms with Crippen molar-refractivity contribution >= 4 is 23.9 Å². The Bertz CT molecular complexity index is 599. The van der Waals surface area contributed by atoms with Crippen LogP contribution < -0.4 is 5.73 Å². The van der Waals surface area contributed by atoms with Gasteiger partial charge in [0.25, 0.3) is 0 Å². The van der Waals surface area contributed by atoms with Crippen LogP contribution in [0.4, 0.5) is 0 Å². The fourth-order valence-electron chi connectivity index (χ4n) is 2.24. The van der Waals surface area contributed by atoms with Crippen LogP contribution in [0, 0.1) is 0 Å². The van der Waals surface area contributed by atoms with E-state index in [4.69, 9.17) is 15.8 Å². The first-order valence-corrected chi connectivity index (χ1v) is 6.40. The number of carbonyl (C=O) groups excluding carboxylic acids is 1. The number of aromatic nitrogens is 1. The summed E-state index contributed by atoms with van der Waals surface area (Å²) in [7, 11) is -0.0547. The lowest BCUT2D eigenvalue weighted by Gasteiger charge is -2.20. The van der Waals surface area contributed by atoms with Crippen LogP contribution in [0.2, 0.25) is 0 Å². The Morgan fingerprint density at radius 3 is 2.85 bits per heavy atom. The Hall–Kier alpha value is -1.83. The molecule has 20 heavy (non-hydrogen) atoms. The number of aromatic amines is 1. The lowest BCUT2D eigenvalue weighted by molar-refractivity contribution is -0.130. The highest BCUT2D eigenvalue weighted by Gasteiger charge is 2.22. The molecule has 0 aliphatic carbocycles. The molecule has 1 aromatic carbocycles. The van der Waals surface area contributed by atoms with Gasteiger partial charge >= 0.3 is 7.12 Å². The molecular weight excluding hydrogens is 257 g/mol. The first-order valence-electron chi connectivity index (χ1n) is 6.40. The number of para-hydroxylation sites is 1. The van der Waals surface area contributed by atoms with Gasteiger partial charge in [-0.2, -0.15) is 0 Å². The van der Waals surface area contributed by atoms with E-state index >= 15 is 0 Å². The number of fused-ring (bicyclic) bond motifs is 1. The van der Waals surface area contributed by atoms with Crippen molar-refractivity contribution in [2.75, 3.05) is 13.5 Å². The number of carbonyl (C=O) groups is 1. The van der Waals surface area contributed by atoms with E-state index < -0.39 is 13.2 Å². The summed E-state index contributed by atoms with van der Waals surface area (Å²) < 4.78 is 0. The van der Waals surface area contributed by atoms with Gasteiger partial charge in [0.2, 0.25) is 5.91 Å². The van der Waals surface area contributed by atoms with Gasteiger partial charge in [0.1, 0.15) is 0 Å². The number of hydrogen-bond acceptors (Lipinski definition) is 4. The van der Waals surface area contributed by atoms with Crippen LogP contribution >= 0.6 is 0 Å². The number of nitrogens with one attached hydrogen (secondary N) is 1. The van der Waals surface area contributed by atoms with E-state index in [0.29, 0.717) is 6.42 Å². The summed E-state index contributed by atoms with van der Waals surface area (Å²) in [4.78, 5) is 16.4. The summed E-state index contributed by atoms with van der Waals surface area (Å²) in [6.45, 7) is 0. The predicted octanol–water partition coefficient (Wildman–Crippen LogP) is -0.492. The molecule has 106 valence electrons. The lowest BCUT2D eigenvalue weighted by Crippen LogP contribution is -2.46. The molecule has 2 aromatic rings. The molecule has 1 heterocycles. The summed E-state index contributed by atoms with van der Waals surface area (Å²) >= 11 is 0. The largest absolute Gasteiger partial charge is 0.472 e. The van der Waals surface area contributed by atoms with E-state index in [1.54, 1.807) is 0 Å². The van der Waals surface area contributed by atoms with Gasteiger partial charge in [-0.1, -0.05) is 18.2 Å². The van der Waals surface area contributed by atoms with Crippen LogP contribution in [-0.4, -0.2) is 52.5 Å². The topological polar surface area (TPSA) is 103 Å². The highest BCUT2D eigenvalue weighted by atomic mass is 16.4. The quantitative estimate of drug-likeness (QED) is 0.553. The number of rotatable bonds is 5. The minimum Gasteiger partial charge on any atom is -0.426 e. The summed E-state index contributed by atoms with van der Waals surface area (Å²) in [5.41, 5.74) is 7.88. The van der Waals surface area contributed by atoms with Crippen molar-refractivity contribution in [2.45, 2.75) is 12.5 Å².